The van der Waals surface area contributed by atoms with Crippen LogP contribution in [0.5, 0.6) is 11.5 Å². The van der Waals surface area contributed by atoms with E-state index in [9.17, 15) is 0 Å². The Hall–Kier alpha value is -3.88. The zero-order valence-corrected chi connectivity index (χ0v) is 28.4. The second kappa shape index (κ2) is 18.7. The number of anilines is 2. The summed E-state index contributed by atoms with van der Waals surface area (Å²) in [4.78, 5) is 8.66. The lowest BCUT2D eigenvalue weighted by Gasteiger charge is -2.14. The highest BCUT2D eigenvalue weighted by molar-refractivity contribution is 8.76. The van der Waals surface area contributed by atoms with Gasteiger partial charge in [-0.3, -0.25) is 4.99 Å². The molecule has 0 bridgehead atoms. The molecule has 232 valence electrons. The number of aryl methyl sites for hydroxylation is 1. The van der Waals surface area contributed by atoms with Gasteiger partial charge in [-0.15, -0.1) is 0 Å². The number of hydrogen-bond donors (Lipinski definition) is 0. The van der Waals surface area contributed by atoms with Crippen LogP contribution in [0.25, 0.3) is 18.2 Å². The van der Waals surface area contributed by atoms with Gasteiger partial charge in [-0.2, -0.15) is 0 Å². The lowest BCUT2D eigenvalue weighted by atomic mass is 10.1. The summed E-state index contributed by atoms with van der Waals surface area (Å²) >= 11 is 0. The van der Waals surface area contributed by atoms with Crippen molar-refractivity contribution in [2.24, 2.45) is 4.99 Å². The van der Waals surface area contributed by atoms with Crippen molar-refractivity contribution < 1.29 is 14.0 Å². The standard InChI is InChI=1S/C36H45N4O2S2/c1-8-29(9-11-31-13-15-33(38(2)3)27-35(31)41-6)17-20-37-21-25-43-44-26-24-40-22-18-30(19-23-40)10-12-32-14-16-34(39(4)5)28-36(32)42-7/h8-20,22-23,27-28H,1,21,24-26H2,2-7H3/q+1/b11-9+,29-17+,37-20?. The Kier molecular flexibility index (Phi) is 14.7. The summed E-state index contributed by atoms with van der Waals surface area (Å²) in [5, 5.41) is 0. The van der Waals surface area contributed by atoms with E-state index in [-0.39, 0.29) is 0 Å². The molecule has 0 amide bonds. The van der Waals surface area contributed by atoms with Crippen molar-refractivity contribution in [3.63, 3.8) is 0 Å². The second-order valence-corrected chi connectivity index (χ2v) is 12.9. The fourth-order valence-electron chi connectivity index (χ4n) is 4.09. The van der Waals surface area contributed by atoms with E-state index in [0.29, 0.717) is 0 Å². The maximum Gasteiger partial charge on any atom is 0.169 e. The number of benzene rings is 2. The molecule has 0 N–H and O–H groups in total. The van der Waals surface area contributed by atoms with Gasteiger partial charge in [0.2, 0.25) is 0 Å². The van der Waals surface area contributed by atoms with Crippen LogP contribution in [0.15, 0.2) is 96.3 Å². The molecule has 0 aliphatic carbocycles. The van der Waals surface area contributed by atoms with Gasteiger partial charge in [0.25, 0.3) is 0 Å². The Morgan fingerprint density at radius 2 is 1.41 bits per heavy atom. The van der Waals surface area contributed by atoms with Gasteiger partial charge < -0.3 is 19.3 Å². The number of pyridine rings is 1. The smallest absolute Gasteiger partial charge is 0.169 e. The molecule has 0 aliphatic rings. The third-order valence-electron chi connectivity index (χ3n) is 6.72. The quantitative estimate of drug-likeness (QED) is 0.0505. The average Bonchev–Trinajstić information content (AvgIpc) is 3.04. The Bertz CT molecular complexity index is 1460. The van der Waals surface area contributed by atoms with E-state index in [1.165, 1.54) is 0 Å². The zero-order chi connectivity index (χ0) is 31.7. The summed E-state index contributed by atoms with van der Waals surface area (Å²) in [5.41, 5.74) is 6.44. The van der Waals surface area contributed by atoms with E-state index in [1.807, 2.05) is 86.4 Å². The van der Waals surface area contributed by atoms with Crippen LogP contribution < -0.4 is 23.8 Å². The van der Waals surface area contributed by atoms with Crippen LogP contribution >= 0.6 is 21.6 Å². The van der Waals surface area contributed by atoms with Gasteiger partial charge in [0.1, 0.15) is 11.5 Å². The van der Waals surface area contributed by atoms with Crippen LogP contribution in [-0.2, 0) is 6.54 Å². The number of aliphatic imine (C=N–C) groups is 1. The number of methoxy groups -OCH3 is 2. The van der Waals surface area contributed by atoms with Crippen molar-refractivity contribution in [3.05, 3.63) is 108 Å². The van der Waals surface area contributed by atoms with Crippen LogP contribution in [0, 0.1) is 0 Å². The van der Waals surface area contributed by atoms with Crippen LogP contribution in [0.2, 0.25) is 0 Å². The molecular weight excluding hydrogens is 585 g/mol. The van der Waals surface area contributed by atoms with Gasteiger partial charge in [0.05, 0.1) is 20.0 Å². The molecule has 8 heteroatoms. The first kappa shape index (κ1) is 34.6. The molecule has 1 heterocycles. The summed E-state index contributed by atoms with van der Waals surface area (Å²) in [6, 6.07) is 16.7. The second-order valence-electron chi connectivity index (χ2n) is 10.2. The fourth-order valence-corrected chi connectivity index (χ4v) is 5.94. The average molecular weight is 630 g/mol. The highest BCUT2D eigenvalue weighted by Crippen LogP contribution is 2.27. The number of rotatable bonds is 17. The number of ether oxygens (including phenoxy) is 2. The van der Waals surface area contributed by atoms with Crippen LogP contribution in [0.4, 0.5) is 11.4 Å². The van der Waals surface area contributed by atoms with E-state index in [0.717, 1.165) is 69.7 Å². The van der Waals surface area contributed by atoms with E-state index in [4.69, 9.17) is 9.47 Å². The van der Waals surface area contributed by atoms with Crippen LogP contribution in [-0.4, -0.2) is 66.7 Å². The topological polar surface area (TPSA) is 41.2 Å². The lowest BCUT2D eigenvalue weighted by Crippen LogP contribution is -2.33. The molecule has 44 heavy (non-hydrogen) atoms. The van der Waals surface area contributed by atoms with E-state index >= 15 is 0 Å². The number of allylic oxidation sites excluding steroid dienone is 4. The molecule has 2 aromatic carbocycles. The SMILES string of the molecule is C=CC(/C=C/c1ccc(N(C)C)cc1OC)=C\C=NCCSSCC[n+]1ccc(/C=C/c2ccc(N(C)C)cc2OC)cc1. The number of hydrogen-bond acceptors (Lipinski definition) is 7. The van der Waals surface area contributed by atoms with E-state index in [1.54, 1.807) is 14.2 Å². The third-order valence-corrected chi connectivity index (χ3v) is 9.09. The third kappa shape index (κ3) is 11.3. The van der Waals surface area contributed by atoms with Crippen molar-refractivity contribution in [2.45, 2.75) is 6.54 Å². The van der Waals surface area contributed by atoms with Gasteiger partial charge in [-0.25, -0.2) is 4.57 Å². The highest BCUT2D eigenvalue weighted by atomic mass is 33.1. The Morgan fingerprint density at radius 3 is 1.98 bits per heavy atom. The molecule has 0 radical (unpaired) electrons. The molecule has 3 rings (SSSR count). The summed E-state index contributed by atoms with van der Waals surface area (Å²) < 4.78 is 13.4. The minimum absolute atomic E-state index is 0.777. The molecule has 0 aliphatic heterocycles. The molecule has 0 fully saturated rings. The maximum absolute atomic E-state index is 5.58. The first-order chi connectivity index (χ1) is 21.3. The largest absolute Gasteiger partial charge is 0.496 e. The van der Waals surface area contributed by atoms with Crippen molar-refractivity contribution in [3.8, 4) is 11.5 Å². The first-order valence-electron chi connectivity index (χ1n) is 14.5. The first-order valence-corrected chi connectivity index (χ1v) is 17.0. The molecular formula is C36H45N4O2S2+. The van der Waals surface area contributed by atoms with Gasteiger partial charge in [0, 0.05) is 93.5 Å². The van der Waals surface area contributed by atoms with Crippen molar-refractivity contribution in [2.75, 3.05) is 70.3 Å². The molecule has 1 aromatic heterocycles. The summed E-state index contributed by atoms with van der Waals surface area (Å²) in [6.45, 7) is 5.67. The molecule has 0 atom stereocenters. The van der Waals surface area contributed by atoms with Crippen molar-refractivity contribution in [1.82, 2.24) is 0 Å². The minimum Gasteiger partial charge on any atom is -0.496 e. The van der Waals surface area contributed by atoms with E-state index in [2.05, 4.69) is 92.9 Å². The van der Waals surface area contributed by atoms with Crippen molar-refractivity contribution >= 4 is 57.4 Å². The van der Waals surface area contributed by atoms with Gasteiger partial charge in [-0.1, -0.05) is 58.5 Å². The number of aromatic nitrogens is 1. The van der Waals surface area contributed by atoms with Gasteiger partial charge in [0.15, 0.2) is 18.9 Å². The lowest BCUT2D eigenvalue weighted by molar-refractivity contribution is -0.692. The highest BCUT2D eigenvalue weighted by Gasteiger charge is 2.05. The van der Waals surface area contributed by atoms with Gasteiger partial charge in [-0.05, 0) is 41.5 Å². The predicted octanol–water partition coefficient (Wildman–Crippen LogP) is 7.57. The number of nitrogens with zero attached hydrogens (tertiary/aromatic N) is 4. The summed E-state index contributed by atoms with van der Waals surface area (Å²) in [5.74, 6) is 3.71. The molecule has 6 nitrogen and oxygen atoms in total. The monoisotopic (exact) mass is 629 g/mol. The molecule has 0 spiro atoms. The molecule has 3 aromatic rings. The Balaban J connectivity index is 1.37. The molecule has 0 saturated heterocycles. The molecule has 0 unspecified atom stereocenters. The van der Waals surface area contributed by atoms with Crippen LogP contribution in [0.1, 0.15) is 16.7 Å². The normalized spacial score (nSPS) is 11.9. The van der Waals surface area contributed by atoms with Crippen molar-refractivity contribution in [1.29, 1.82) is 0 Å². The van der Waals surface area contributed by atoms with E-state index < -0.39 is 0 Å². The Labute approximate surface area is 271 Å². The summed E-state index contributed by atoms with van der Waals surface area (Å²) in [7, 11) is 15.2. The Morgan fingerprint density at radius 1 is 0.818 bits per heavy atom. The zero-order valence-electron chi connectivity index (χ0n) is 26.8. The maximum atomic E-state index is 5.58. The van der Waals surface area contributed by atoms with Crippen LogP contribution in [0.3, 0.4) is 0 Å². The molecule has 0 saturated carbocycles. The predicted molar refractivity (Wildman–Crippen MR) is 196 cm³/mol. The minimum atomic E-state index is 0.777. The summed E-state index contributed by atoms with van der Waals surface area (Å²) in [6.07, 6.45) is 18.2. The fraction of sp³-hybridized carbons (Fsp3) is 0.278. The van der Waals surface area contributed by atoms with Gasteiger partial charge >= 0.3 is 0 Å².